The second-order valence-corrected chi connectivity index (χ2v) is 3.74. The minimum Gasteiger partial charge on any atom is -0.497 e. The topological polar surface area (TPSA) is 117 Å². The van der Waals surface area contributed by atoms with Crippen LogP contribution in [0.15, 0.2) is 18.2 Å². The van der Waals surface area contributed by atoms with Gasteiger partial charge >= 0.3 is 12.0 Å². The van der Waals surface area contributed by atoms with Crippen molar-refractivity contribution >= 4 is 17.7 Å². The lowest BCUT2D eigenvalue weighted by molar-refractivity contribution is -0.140. The van der Waals surface area contributed by atoms with Crippen LogP contribution in [0.3, 0.4) is 0 Å². The summed E-state index contributed by atoms with van der Waals surface area (Å²) >= 11 is 0. The number of carbonyl (C=O) groups excluding carboxylic acids is 1. The van der Waals surface area contributed by atoms with Gasteiger partial charge in [0.1, 0.15) is 11.5 Å². The molecule has 1 atom stereocenters. The zero-order valence-electron chi connectivity index (χ0n) is 11.0. The monoisotopic (exact) mass is 284 g/mol. The lowest BCUT2D eigenvalue weighted by Crippen LogP contribution is -2.45. The first-order valence-corrected chi connectivity index (χ1v) is 5.65. The van der Waals surface area contributed by atoms with Crippen molar-refractivity contribution in [3.63, 3.8) is 0 Å². The summed E-state index contributed by atoms with van der Waals surface area (Å²) in [6, 6.07) is 2.60. The number of hydrogen-bond acceptors (Lipinski definition) is 5. The van der Waals surface area contributed by atoms with Gasteiger partial charge in [-0.1, -0.05) is 0 Å². The Balaban J connectivity index is 2.81. The van der Waals surface area contributed by atoms with Gasteiger partial charge in [-0.15, -0.1) is 0 Å². The minimum absolute atomic E-state index is 0.312. The van der Waals surface area contributed by atoms with Crippen LogP contribution in [-0.2, 0) is 4.79 Å². The molecule has 8 heteroatoms. The quantitative estimate of drug-likeness (QED) is 0.595. The van der Waals surface area contributed by atoms with Crippen molar-refractivity contribution in [1.82, 2.24) is 5.32 Å². The van der Waals surface area contributed by atoms with Gasteiger partial charge in [0.25, 0.3) is 0 Å². The third-order valence-corrected chi connectivity index (χ3v) is 2.44. The highest BCUT2D eigenvalue weighted by Gasteiger charge is 2.19. The van der Waals surface area contributed by atoms with E-state index in [0.29, 0.717) is 17.2 Å². The number of methoxy groups -OCH3 is 2. The zero-order chi connectivity index (χ0) is 15.1. The van der Waals surface area contributed by atoms with Gasteiger partial charge in [-0.3, -0.25) is 0 Å². The van der Waals surface area contributed by atoms with Crippen LogP contribution in [0.4, 0.5) is 10.5 Å². The maximum atomic E-state index is 11.7. The number of amides is 2. The molecule has 110 valence electrons. The fourth-order valence-electron chi connectivity index (χ4n) is 1.41. The summed E-state index contributed by atoms with van der Waals surface area (Å²) in [5.41, 5.74) is 0.312. The largest absolute Gasteiger partial charge is 0.497 e. The first-order valence-electron chi connectivity index (χ1n) is 5.65. The van der Waals surface area contributed by atoms with Gasteiger partial charge < -0.3 is 30.3 Å². The van der Waals surface area contributed by atoms with Crippen LogP contribution in [-0.4, -0.2) is 49.1 Å². The predicted molar refractivity (Wildman–Crippen MR) is 70.2 cm³/mol. The number of hydrogen-bond donors (Lipinski definition) is 4. The van der Waals surface area contributed by atoms with E-state index >= 15 is 0 Å². The molecule has 0 unspecified atom stereocenters. The summed E-state index contributed by atoms with van der Waals surface area (Å²) in [5.74, 6) is -0.449. The van der Waals surface area contributed by atoms with Crippen molar-refractivity contribution in [3.05, 3.63) is 18.2 Å². The molecule has 4 N–H and O–H groups in total. The molecule has 0 heterocycles. The Kier molecular flexibility index (Phi) is 5.60. The highest BCUT2D eigenvalue weighted by molar-refractivity contribution is 5.93. The van der Waals surface area contributed by atoms with E-state index in [0.717, 1.165) is 0 Å². The maximum absolute atomic E-state index is 11.7. The highest BCUT2D eigenvalue weighted by Crippen LogP contribution is 2.28. The lowest BCUT2D eigenvalue weighted by Gasteiger charge is -2.15. The molecule has 1 aromatic rings. The number of carbonyl (C=O) groups is 2. The molecule has 0 bridgehead atoms. The lowest BCUT2D eigenvalue weighted by atomic mass is 10.2. The molecule has 0 saturated carbocycles. The summed E-state index contributed by atoms with van der Waals surface area (Å²) in [6.45, 7) is -0.710. The van der Waals surface area contributed by atoms with E-state index in [4.69, 9.17) is 19.7 Å². The number of rotatable bonds is 6. The van der Waals surface area contributed by atoms with Crippen LogP contribution in [0.5, 0.6) is 11.5 Å². The maximum Gasteiger partial charge on any atom is 0.328 e. The van der Waals surface area contributed by atoms with Gasteiger partial charge in [0.15, 0.2) is 6.04 Å². The summed E-state index contributed by atoms with van der Waals surface area (Å²) in [4.78, 5) is 22.4. The first-order chi connectivity index (χ1) is 9.51. The van der Waals surface area contributed by atoms with Crippen molar-refractivity contribution in [2.75, 3.05) is 26.1 Å². The van der Waals surface area contributed by atoms with Crippen LogP contribution in [0, 0.1) is 0 Å². The van der Waals surface area contributed by atoms with Gasteiger partial charge in [0.05, 0.1) is 26.5 Å². The zero-order valence-corrected chi connectivity index (χ0v) is 11.0. The molecule has 0 spiro atoms. The van der Waals surface area contributed by atoms with Crippen LogP contribution in [0.1, 0.15) is 0 Å². The highest BCUT2D eigenvalue weighted by atomic mass is 16.5. The third kappa shape index (κ3) is 4.02. The van der Waals surface area contributed by atoms with Crippen LogP contribution in [0.25, 0.3) is 0 Å². The van der Waals surface area contributed by atoms with Crippen LogP contribution >= 0.6 is 0 Å². The molecule has 0 fully saturated rings. The normalized spacial score (nSPS) is 11.3. The van der Waals surface area contributed by atoms with E-state index in [2.05, 4.69) is 10.6 Å². The summed E-state index contributed by atoms with van der Waals surface area (Å²) in [5, 5.41) is 22.1. The van der Waals surface area contributed by atoms with Crippen molar-refractivity contribution in [2.45, 2.75) is 6.04 Å². The Labute approximate surface area is 115 Å². The van der Waals surface area contributed by atoms with Gasteiger partial charge in [-0.25, -0.2) is 9.59 Å². The standard InChI is InChI=1S/C12H16N2O6/c1-19-7-3-4-10(20-2)8(5-7)13-12(18)14-9(6-15)11(16)17/h3-5,9,15H,6H2,1-2H3,(H,16,17)(H2,13,14,18)/t9-/m1/s1. The number of carboxylic acid groups (broad SMARTS) is 1. The molecule has 0 aliphatic heterocycles. The SMILES string of the molecule is COc1ccc(OC)c(NC(=O)N[C@H](CO)C(=O)O)c1. The van der Waals surface area contributed by atoms with Crippen LogP contribution < -0.4 is 20.1 Å². The Hall–Kier alpha value is -2.48. The van der Waals surface area contributed by atoms with Crippen molar-refractivity contribution in [2.24, 2.45) is 0 Å². The summed E-state index contributed by atoms with van der Waals surface area (Å²) in [6.07, 6.45) is 0. The van der Waals surface area contributed by atoms with E-state index in [9.17, 15) is 9.59 Å². The molecule has 0 saturated heterocycles. The van der Waals surface area contributed by atoms with E-state index in [1.165, 1.54) is 20.3 Å². The average molecular weight is 284 g/mol. The van der Waals surface area contributed by atoms with E-state index in [1.807, 2.05) is 0 Å². The molecule has 0 aromatic heterocycles. The fraction of sp³-hybridized carbons (Fsp3) is 0.333. The smallest absolute Gasteiger partial charge is 0.328 e. The van der Waals surface area contributed by atoms with E-state index < -0.39 is 24.6 Å². The van der Waals surface area contributed by atoms with E-state index in [1.54, 1.807) is 12.1 Å². The molecule has 0 radical (unpaired) electrons. The molecule has 1 aromatic carbocycles. The molecule has 2 amide bonds. The van der Waals surface area contributed by atoms with Gasteiger partial charge in [0, 0.05) is 6.07 Å². The first kappa shape index (κ1) is 15.6. The minimum atomic E-state index is -1.38. The van der Waals surface area contributed by atoms with Crippen LogP contribution in [0.2, 0.25) is 0 Å². The molecular weight excluding hydrogens is 268 g/mol. The van der Waals surface area contributed by atoms with Gasteiger partial charge in [0.2, 0.25) is 0 Å². The number of urea groups is 1. The number of aliphatic carboxylic acids is 1. The third-order valence-electron chi connectivity index (χ3n) is 2.44. The Morgan fingerprint density at radius 1 is 1.30 bits per heavy atom. The Bertz CT molecular complexity index is 491. The van der Waals surface area contributed by atoms with Gasteiger partial charge in [-0.2, -0.15) is 0 Å². The number of carboxylic acids is 1. The van der Waals surface area contributed by atoms with Crippen molar-refractivity contribution < 1.29 is 29.3 Å². The van der Waals surface area contributed by atoms with Crippen molar-refractivity contribution in [1.29, 1.82) is 0 Å². The Morgan fingerprint density at radius 3 is 2.50 bits per heavy atom. The molecule has 1 rings (SSSR count). The van der Waals surface area contributed by atoms with Crippen molar-refractivity contribution in [3.8, 4) is 11.5 Å². The molecular formula is C12H16N2O6. The number of benzene rings is 1. The second kappa shape index (κ2) is 7.19. The van der Waals surface area contributed by atoms with E-state index in [-0.39, 0.29) is 0 Å². The molecule has 0 aliphatic carbocycles. The predicted octanol–water partition coefficient (Wildman–Crippen LogP) is 0.271. The number of aliphatic hydroxyl groups is 1. The summed E-state index contributed by atoms with van der Waals surface area (Å²) < 4.78 is 10.1. The van der Waals surface area contributed by atoms with Gasteiger partial charge in [-0.05, 0) is 12.1 Å². The molecule has 20 heavy (non-hydrogen) atoms. The Morgan fingerprint density at radius 2 is 2.00 bits per heavy atom. The summed E-state index contributed by atoms with van der Waals surface area (Å²) in [7, 11) is 2.90. The molecule has 0 aliphatic rings. The number of aliphatic hydroxyl groups excluding tert-OH is 1. The average Bonchev–Trinajstić information content (AvgIpc) is 2.44. The second-order valence-electron chi connectivity index (χ2n) is 3.74. The fourth-order valence-corrected chi connectivity index (χ4v) is 1.41. The number of nitrogens with one attached hydrogen (secondary N) is 2. The molecule has 8 nitrogen and oxygen atoms in total. The number of anilines is 1. The number of ether oxygens (including phenoxy) is 2.